The van der Waals surface area contributed by atoms with Crippen molar-refractivity contribution in [2.75, 3.05) is 6.54 Å². The molecule has 1 amide bonds. The number of tetrazole rings is 1. The molecule has 0 saturated carbocycles. The Labute approximate surface area is 103 Å². The Bertz CT molecular complexity index is 544. The average molecular weight is 247 g/mol. The van der Waals surface area contributed by atoms with Gasteiger partial charge in [-0.1, -0.05) is 12.2 Å². The number of furan rings is 1. The molecular formula is C11H13N5O2. The van der Waals surface area contributed by atoms with Crippen molar-refractivity contribution in [2.45, 2.75) is 13.5 Å². The minimum Gasteiger partial charge on any atom is -0.461 e. The standard InChI is InChI=1S/C11H13N5O2/c1-8(2)6-12-10(17)7-16-14-11(13-15-16)9-4-3-5-18-9/h3-5H,1,6-7H2,2H3,(H,12,17). The zero-order chi connectivity index (χ0) is 13.0. The molecule has 1 N–H and O–H groups in total. The SMILES string of the molecule is C=C(C)CNC(=O)Cn1nnc(-c2ccco2)n1. The molecule has 7 nitrogen and oxygen atoms in total. The topological polar surface area (TPSA) is 85.8 Å². The maximum atomic E-state index is 11.5. The molecule has 0 aliphatic rings. The van der Waals surface area contributed by atoms with Gasteiger partial charge in [-0.2, -0.15) is 4.80 Å². The van der Waals surface area contributed by atoms with Crippen LogP contribution in [-0.4, -0.2) is 32.7 Å². The minimum absolute atomic E-state index is 0.0149. The van der Waals surface area contributed by atoms with Crippen LogP contribution in [0.15, 0.2) is 35.0 Å². The van der Waals surface area contributed by atoms with Gasteiger partial charge in [-0.15, -0.1) is 10.2 Å². The first kappa shape index (κ1) is 12.0. The molecule has 94 valence electrons. The first-order valence-electron chi connectivity index (χ1n) is 5.38. The lowest BCUT2D eigenvalue weighted by Gasteiger charge is -2.02. The summed E-state index contributed by atoms with van der Waals surface area (Å²) in [5, 5.41) is 14.3. The van der Waals surface area contributed by atoms with Crippen LogP contribution in [0.1, 0.15) is 6.92 Å². The van der Waals surface area contributed by atoms with E-state index >= 15 is 0 Å². The maximum absolute atomic E-state index is 11.5. The molecule has 0 bridgehead atoms. The second-order valence-corrected chi connectivity index (χ2v) is 3.85. The van der Waals surface area contributed by atoms with E-state index in [1.807, 2.05) is 6.92 Å². The van der Waals surface area contributed by atoms with Crippen molar-refractivity contribution in [1.29, 1.82) is 0 Å². The predicted molar refractivity (Wildman–Crippen MR) is 63.3 cm³/mol. The number of carbonyl (C=O) groups excluding carboxylic acids is 1. The van der Waals surface area contributed by atoms with Crippen molar-refractivity contribution in [3.8, 4) is 11.6 Å². The van der Waals surface area contributed by atoms with Crippen molar-refractivity contribution in [2.24, 2.45) is 0 Å². The molecule has 0 spiro atoms. The smallest absolute Gasteiger partial charge is 0.243 e. The van der Waals surface area contributed by atoms with Gasteiger partial charge in [0.25, 0.3) is 0 Å². The van der Waals surface area contributed by atoms with E-state index in [-0.39, 0.29) is 12.5 Å². The molecule has 0 fully saturated rings. The molecule has 2 aromatic heterocycles. The summed E-state index contributed by atoms with van der Waals surface area (Å²) < 4.78 is 5.13. The number of nitrogens with zero attached hydrogens (tertiary/aromatic N) is 4. The van der Waals surface area contributed by atoms with Crippen molar-refractivity contribution < 1.29 is 9.21 Å². The molecule has 2 aromatic rings. The summed E-state index contributed by atoms with van der Waals surface area (Å²) in [4.78, 5) is 12.7. The van der Waals surface area contributed by atoms with Crippen molar-refractivity contribution >= 4 is 5.91 Å². The van der Waals surface area contributed by atoms with E-state index in [0.717, 1.165) is 5.57 Å². The summed E-state index contributed by atoms with van der Waals surface area (Å²) in [5.74, 6) is 0.678. The number of hydrogen-bond acceptors (Lipinski definition) is 5. The molecule has 0 saturated heterocycles. The Morgan fingerprint density at radius 1 is 1.61 bits per heavy atom. The number of hydrogen-bond donors (Lipinski definition) is 1. The van der Waals surface area contributed by atoms with Gasteiger partial charge < -0.3 is 9.73 Å². The van der Waals surface area contributed by atoms with Gasteiger partial charge >= 0.3 is 0 Å². The average Bonchev–Trinajstić information content (AvgIpc) is 2.95. The third-order valence-electron chi connectivity index (χ3n) is 2.07. The fourth-order valence-electron chi connectivity index (χ4n) is 1.25. The van der Waals surface area contributed by atoms with Crippen molar-refractivity contribution in [3.05, 3.63) is 30.5 Å². The highest BCUT2D eigenvalue weighted by molar-refractivity contribution is 5.75. The fourth-order valence-corrected chi connectivity index (χ4v) is 1.25. The Balaban J connectivity index is 1.95. The third kappa shape index (κ3) is 3.03. The van der Waals surface area contributed by atoms with Crippen LogP contribution in [0.3, 0.4) is 0 Å². The zero-order valence-electron chi connectivity index (χ0n) is 9.96. The van der Waals surface area contributed by atoms with E-state index in [4.69, 9.17) is 4.42 Å². The highest BCUT2D eigenvalue weighted by Crippen LogP contribution is 2.12. The lowest BCUT2D eigenvalue weighted by atomic mass is 10.3. The van der Waals surface area contributed by atoms with E-state index in [9.17, 15) is 4.79 Å². The molecule has 0 aliphatic heterocycles. The molecule has 0 unspecified atom stereocenters. The number of amides is 1. The second kappa shape index (κ2) is 5.26. The second-order valence-electron chi connectivity index (χ2n) is 3.85. The van der Waals surface area contributed by atoms with Gasteiger partial charge in [-0.25, -0.2) is 0 Å². The monoisotopic (exact) mass is 247 g/mol. The Morgan fingerprint density at radius 3 is 3.11 bits per heavy atom. The van der Waals surface area contributed by atoms with Crippen LogP contribution in [0, 0.1) is 0 Å². The van der Waals surface area contributed by atoms with Crippen LogP contribution in [0.2, 0.25) is 0 Å². The summed E-state index contributed by atoms with van der Waals surface area (Å²) >= 11 is 0. The molecule has 0 atom stereocenters. The molecular weight excluding hydrogens is 234 g/mol. The van der Waals surface area contributed by atoms with E-state index in [2.05, 4.69) is 27.3 Å². The van der Waals surface area contributed by atoms with E-state index in [1.54, 1.807) is 12.1 Å². The van der Waals surface area contributed by atoms with Crippen molar-refractivity contribution in [1.82, 2.24) is 25.5 Å². The van der Waals surface area contributed by atoms with Crippen LogP contribution >= 0.6 is 0 Å². The van der Waals surface area contributed by atoms with E-state index in [1.165, 1.54) is 11.1 Å². The fraction of sp³-hybridized carbons (Fsp3) is 0.273. The van der Waals surface area contributed by atoms with Crippen LogP contribution in [0.4, 0.5) is 0 Å². The summed E-state index contributed by atoms with van der Waals surface area (Å²) in [6, 6.07) is 3.46. The zero-order valence-corrected chi connectivity index (χ0v) is 9.96. The number of nitrogens with one attached hydrogen (secondary N) is 1. The third-order valence-corrected chi connectivity index (χ3v) is 2.07. The summed E-state index contributed by atoms with van der Waals surface area (Å²) in [6.07, 6.45) is 1.52. The summed E-state index contributed by atoms with van der Waals surface area (Å²) in [7, 11) is 0. The first-order chi connectivity index (χ1) is 8.65. The highest BCUT2D eigenvalue weighted by Gasteiger charge is 2.10. The van der Waals surface area contributed by atoms with Gasteiger partial charge in [0.1, 0.15) is 6.54 Å². The molecule has 2 rings (SSSR count). The van der Waals surface area contributed by atoms with Crippen LogP contribution < -0.4 is 5.32 Å². The van der Waals surface area contributed by atoms with Crippen molar-refractivity contribution in [3.63, 3.8) is 0 Å². The molecule has 0 aromatic carbocycles. The Kier molecular flexibility index (Phi) is 3.52. The molecule has 0 radical (unpaired) electrons. The highest BCUT2D eigenvalue weighted by atomic mass is 16.3. The van der Waals surface area contributed by atoms with Crippen LogP contribution in [0.25, 0.3) is 11.6 Å². The molecule has 2 heterocycles. The van der Waals surface area contributed by atoms with Gasteiger partial charge in [-0.05, 0) is 24.3 Å². The number of carbonyl (C=O) groups is 1. The lowest BCUT2D eigenvalue weighted by Crippen LogP contribution is -2.29. The normalized spacial score (nSPS) is 10.3. The summed E-state index contributed by atoms with van der Waals surface area (Å²) in [5.41, 5.74) is 0.881. The van der Waals surface area contributed by atoms with Crippen LogP contribution in [-0.2, 0) is 11.3 Å². The molecule has 18 heavy (non-hydrogen) atoms. The molecule has 0 aliphatic carbocycles. The largest absolute Gasteiger partial charge is 0.461 e. The minimum atomic E-state index is -0.193. The maximum Gasteiger partial charge on any atom is 0.243 e. The van der Waals surface area contributed by atoms with Gasteiger partial charge in [0.05, 0.1) is 6.26 Å². The van der Waals surface area contributed by atoms with E-state index < -0.39 is 0 Å². The van der Waals surface area contributed by atoms with Gasteiger partial charge in [0, 0.05) is 6.54 Å². The first-order valence-corrected chi connectivity index (χ1v) is 5.38. The number of aromatic nitrogens is 4. The Morgan fingerprint density at radius 2 is 2.44 bits per heavy atom. The lowest BCUT2D eigenvalue weighted by molar-refractivity contribution is -0.121. The van der Waals surface area contributed by atoms with Gasteiger partial charge in [0.15, 0.2) is 5.76 Å². The summed E-state index contributed by atoms with van der Waals surface area (Å²) in [6.45, 7) is 5.99. The quantitative estimate of drug-likeness (QED) is 0.783. The molecule has 7 heteroatoms. The van der Waals surface area contributed by atoms with E-state index in [0.29, 0.717) is 18.1 Å². The van der Waals surface area contributed by atoms with Gasteiger partial charge in [0.2, 0.25) is 11.7 Å². The van der Waals surface area contributed by atoms with Gasteiger partial charge in [-0.3, -0.25) is 4.79 Å². The predicted octanol–water partition coefficient (Wildman–Crippen LogP) is 0.625. The van der Waals surface area contributed by atoms with Crippen LogP contribution in [0.5, 0.6) is 0 Å². The number of rotatable bonds is 5. The Hall–Kier alpha value is -2.44.